The van der Waals surface area contributed by atoms with Crippen LogP contribution in [-0.4, -0.2) is 82.9 Å². The summed E-state index contributed by atoms with van der Waals surface area (Å²) in [5.41, 5.74) is -2.96. The van der Waals surface area contributed by atoms with E-state index in [1.54, 1.807) is 9.80 Å². The minimum Gasteiger partial charge on any atom is -0.469 e. The molecule has 51 heavy (non-hydrogen) atoms. The van der Waals surface area contributed by atoms with E-state index in [1.807, 2.05) is 13.8 Å². The molecule has 1 N–H and O–H groups in total. The van der Waals surface area contributed by atoms with Gasteiger partial charge >= 0.3 is 24.4 Å². The SMILES string of the molecule is CC[C@@H]1C[C@H](N(Cc2cc(C(F)(F)F)cc(C(F)(F)F)c2)c2ncc(N(C=O)CCO)cn2)C[C@H](CC)N1C(=O)O[C@H]1CC[C@H](C(=O)OC)CC1. The van der Waals surface area contributed by atoms with Crippen molar-refractivity contribution in [2.24, 2.45) is 5.92 Å². The highest BCUT2D eigenvalue weighted by molar-refractivity contribution is 5.74. The maximum atomic E-state index is 13.8. The molecule has 1 aromatic carbocycles. The third-order valence-electron chi connectivity index (χ3n) is 9.63. The lowest BCUT2D eigenvalue weighted by atomic mass is 9.87. The van der Waals surface area contributed by atoms with Gasteiger partial charge in [0.05, 0.1) is 48.8 Å². The van der Waals surface area contributed by atoms with Gasteiger partial charge in [0.25, 0.3) is 0 Å². The highest BCUT2D eigenvalue weighted by atomic mass is 19.4. The van der Waals surface area contributed by atoms with Crippen molar-refractivity contribution in [2.45, 2.75) is 108 Å². The number of hydrogen-bond donors (Lipinski definition) is 1. The molecular weight excluding hydrogens is 688 g/mol. The van der Waals surface area contributed by atoms with Crippen molar-refractivity contribution in [1.82, 2.24) is 14.9 Å². The number of carbonyl (C=O) groups is 3. The van der Waals surface area contributed by atoms with Gasteiger partial charge in [-0.1, -0.05) is 13.8 Å². The number of piperidine rings is 1. The number of anilines is 2. The van der Waals surface area contributed by atoms with Crippen LogP contribution in [0.4, 0.5) is 42.8 Å². The maximum absolute atomic E-state index is 13.8. The molecule has 0 spiro atoms. The Morgan fingerprint density at radius 2 is 1.49 bits per heavy atom. The number of aliphatic hydroxyl groups excluding tert-OH is 1. The number of amides is 2. The van der Waals surface area contributed by atoms with Crippen LogP contribution < -0.4 is 9.80 Å². The van der Waals surface area contributed by atoms with Gasteiger partial charge in [0.15, 0.2) is 0 Å². The lowest BCUT2D eigenvalue weighted by Gasteiger charge is -2.47. The number of halogens is 6. The Bertz CT molecular complexity index is 1440. The molecule has 2 aliphatic rings. The van der Waals surface area contributed by atoms with Crippen LogP contribution in [0.3, 0.4) is 0 Å². The molecule has 1 saturated carbocycles. The summed E-state index contributed by atoms with van der Waals surface area (Å²) in [4.78, 5) is 50.2. The van der Waals surface area contributed by atoms with E-state index in [0.717, 1.165) is 4.90 Å². The van der Waals surface area contributed by atoms with Gasteiger partial charge in [-0.2, -0.15) is 26.3 Å². The smallest absolute Gasteiger partial charge is 0.416 e. The van der Waals surface area contributed by atoms with E-state index in [1.165, 1.54) is 19.5 Å². The fourth-order valence-electron chi connectivity index (χ4n) is 6.95. The molecule has 11 nitrogen and oxygen atoms in total. The molecule has 2 heterocycles. The summed E-state index contributed by atoms with van der Waals surface area (Å²) in [6.07, 6.45) is -4.46. The Hall–Kier alpha value is -4.15. The first kappa shape index (κ1) is 39.6. The second-order valence-corrected chi connectivity index (χ2v) is 12.8. The maximum Gasteiger partial charge on any atom is 0.416 e. The van der Waals surface area contributed by atoms with Crippen molar-refractivity contribution in [3.8, 4) is 0 Å². The van der Waals surface area contributed by atoms with E-state index >= 15 is 0 Å². The van der Waals surface area contributed by atoms with E-state index in [-0.39, 0.29) is 61.1 Å². The number of esters is 1. The second kappa shape index (κ2) is 16.9. The minimum atomic E-state index is -5.05. The van der Waals surface area contributed by atoms with Crippen molar-refractivity contribution < 1.29 is 55.3 Å². The van der Waals surface area contributed by atoms with E-state index in [9.17, 15) is 45.8 Å². The van der Waals surface area contributed by atoms with Crippen molar-refractivity contribution in [3.63, 3.8) is 0 Å². The fraction of sp³-hybridized carbons (Fsp3) is 0.618. The molecule has 0 radical (unpaired) electrons. The summed E-state index contributed by atoms with van der Waals surface area (Å²) < 4.78 is 93.5. The molecular formula is C34H43F6N5O6. The number of benzene rings is 1. The molecule has 1 aliphatic carbocycles. The van der Waals surface area contributed by atoms with E-state index in [0.29, 0.717) is 57.1 Å². The largest absolute Gasteiger partial charge is 0.469 e. The Morgan fingerprint density at radius 3 is 1.94 bits per heavy atom. The number of alkyl halides is 6. The van der Waals surface area contributed by atoms with Crippen LogP contribution in [0.2, 0.25) is 0 Å². The first-order valence-electron chi connectivity index (χ1n) is 16.9. The van der Waals surface area contributed by atoms with Gasteiger partial charge in [-0.3, -0.25) is 9.59 Å². The van der Waals surface area contributed by atoms with E-state index < -0.39 is 60.3 Å². The first-order chi connectivity index (χ1) is 24.1. The van der Waals surface area contributed by atoms with Crippen LogP contribution >= 0.6 is 0 Å². The summed E-state index contributed by atoms with van der Waals surface area (Å²) >= 11 is 0. The van der Waals surface area contributed by atoms with Crippen LogP contribution in [0.1, 0.15) is 81.9 Å². The number of carbonyl (C=O) groups excluding carboxylic acids is 3. The Morgan fingerprint density at radius 1 is 0.941 bits per heavy atom. The lowest BCUT2D eigenvalue weighted by Crippen LogP contribution is -2.57. The number of aromatic nitrogens is 2. The highest BCUT2D eigenvalue weighted by Gasteiger charge is 2.42. The zero-order chi connectivity index (χ0) is 37.5. The summed E-state index contributed by atoms with van der Waals surface area (Å²) in [5.74, 6) is -0.559. The quantitative estimate of drug-likeness (QED) is 0.151. The topological polar surface area (TPSA) is 125 Å². The van der Waals surface area contributed by atoms with Gasteiger partial charge in [-0.25, -0.2) is 14.8 Å². The van der Waals surface area contributed by atoms with Crippen molar-refractivity contribution >= 4 is 30.1 Å². The minimum absolute atomic E-state index is 0.00679. The monoisotopic (exact) mass is 731 g/mol. The van der Waals surface area contributed by atoms with Crippen LogP contribution in [-0.2, 0) is 38.0 Å². The molecule has 0 unspecified atom stereocenters. The number of nitrogens with zero attached hydrogens (tertiary/aromatic N) is 5. The Balaban J connectivity index is 1.66. The van der Waals surface area contributed by atoms with Gasteiger partial charge in [-0.15, -0.1) is 0 Å². The number of hydrogen-bond acceptors (Lipinski definition) is 9. The molecule has 4 rings (SSSR count). The molecule has 2 amide bonds. The van der Waals surface area contributed by atoms with Crippen LogP contribution in [0.5, 0.6) is 0 Å². The molecule has 2 aromatic rings. The van der Waals surface area contributed by atoms with Gasteiger partial charge in [0.2, 0.25) is 12.4 Å². The number of likely N-dealkylation sites (tertiary alicyclic amines) is 1. The third-order valence-corrected chi connectivity index (χ3v) is 9.63. The number of ether oxygens (including phenoxy) is 2. The molecule has 282 valence electrons. The predicted molar refractivity (Wildman–Crippen MR) is 172 cm³/mol. The molecule has 1 aromatic heterocycles. The first-order valence-corrected chi connectivity index (χ1v) is 16.9. The summed E-state index contributed by atoms with van der Waals surface area (Å²) in [6.45, 7) is 2.91. The normalized spacial score (nSPS) is 22.6. The molecule has 1 aliphatic heterocycles. The Kier molecular flexibility index (Phi) is 13.1. The van der Waals surface area contributed by atoms with Crippen LogP contribution in [0.15, 0.2) is 30.6 Å². The van der Waals surface area contributed by atoms with Gasteiger partial charge in [0.1, 0.15) is 6.10 Å². The van der Waals surface area contributed by atoms with Crippen molar-refractivity contribution in [3.05, 3.63) is 47.3 Å². The van der Waals surface area contributed by atoms with E-state index in [4.69, 9.17) is 9.47 Å². The predicted octanol–water partition coefficient (Wildman–Crippen LogP) is 6.37. The third kappa shape index (κ3) is 9.80. The average Bonchev–Trinajstić information content (AvgIpc) is 3.11. The molecule has 2 fully saturated rings. The van der Waals surface area contributed by atoms with Crippen LogP contribution in [0, 0.1) is 5.92 Å². The van der Waals surface area contributed by atoms with Crippen LogP contribution in [0.25, 0.3) is 0 Å². The molecule has 3 atom stereocenters. The average molecular weight is 732 g/mol. The second-order valence-electron chi connectivity index (χ2n) is 12.8. The van der Waals surface area contributed by atoms with Gasteiger partial charge in [0, 0.05) is 31.2 Å². The van der Waals surface area contributed by atoms with Crippen molar-refractivity contribution in [1.29, 1.82) is 0 Å². The fourth-order valence-corrected chi connectivity index (χ4v) is 6.95. The number of rotatable bonds is 12. The molecule has 0 bridgehead atoms. The Labute approximate surface area is 291 Å². The van der Waals surface area contributed by atoms with Gasteiger partial charge < -0.3 is 29.3 Å². The summed E-state index contributed by atoms with van der Waals surface area (Å²) in [7, 11) is 1.33. The zero-order valence-corrected chi connectivity index (χ0v) is 28.6. The number of methoxy groups -OCH3 is 1. The van der Waals surface area contributed by atoms with Gasteiger partial charge in [-0.05, 0) is 75.1 Å². The summed E-state index contributed by atoms with van der Waals surface area (Å²) in [6, 6.07) is 0.0622. The standard InChI is InChI=1S/C34H43F6N5O6/c1-4-25-15-27(16-26(5-2)45(25)32(49)51-29-8-6-22(7-9-29)30(48)50-3)44(31-41-17-28(18-42-31)43(20-47)10-11-46)19-21-12-23(33(35,36)37)14-24(13-21)34(38,39)40/h12-14,17-18,20,22,25-27,29,46H,4-11,15-16,19H2,1-3H3/t22-,25-,26+,27+,29-. The summed E-state index contributed by atoms with van der Waals surface area (Å²) in [5, 5.41) is 9.29. The number of aliphatic hydroxyl groups is 1. The molecule has 17 heteroatoms. The van der Waals surface area contributed by atoms with Crippen molar-refractivity contribution in [2.75, 3.05) is 30.1 Å². The zero-order valence-electron chi connectivity index (χ0n) is 28.6. The highest BCUT2D eigenvalue weighted by Crippen LogP contribution is 2.39. The molecule has 1 saturated heterocycles. The lowest BCUT2D eigenvalue weighted by molar-refractivity contribution is -0.147. The van der Waals surface area contributed by atoms with E-state index in [2.05, 4.69) is 9.97 Å².